The number of halogens is 3. The fourth-order valence-corrected chi connectivity index (χ4v) is 1.63. The summed E-state index contributed by atoms with van der Waals surface area (Å²) in [4.78, 5) is 22.3. The molecule has 1 amide bonds. The number of carbonyl (C=O) groups excluding carboxylic acids is 1. The largest absolute Gasteiger partial charge is 0.480 e. The molecule has 0 saturated carbocycles. The number of hydrogen-bond donors (Lipinski definition) is 2. The lowest BCUT2D eigenvalue weighted by atomic mass is 10.0. The van der Waals surface area contributed by atoms with Gasteiger partial charge in [-0.3, -0.25) is 4.79 Å². The Morgan fingerprint density at radius 3 is 2.29 bits per heavy atom. The van der Waals surface area contributed by atoms with Crippen molar-refractivity contribution in [2.24, 2.45) is 0 Å². The lowest BCUT2D eigenvalue weighted by Gasteiger charge is -2.15. The lowest BCUT2D eigenvalue weighted by molar-refractivity contribution is -0.142. The number of ether oxygens (including phenoxy) is 1. The van der Waals surface area contributed by atoms with Crippen LogP contribution in [0, 0.1) is 0 Å². The predicted molar refractivity (Wildman–Crippen MR) is 66.6 cm³/mol. The van der Waals surface area contributed by atoms with E-state index in [-0.39, 0.29) is 13.0 Å². The molecule has 5 nitrogen and oxygen atoms in total. The van der Waals surface area contributed by atoms with E-state index in [1.807, 2.05) is 0 Å². The van der Waals surface area contributed by atoms with E-state index in [9.17, 15) is 22.8 Å². The highest BCUT2D eigenvalue weighted by molar-refractivity contribution is 5.84. The zero-order chi connectivity index (χ0) is 16.0. The summed E-state index contributed by atoms with van der Waals surface area (Å²) in [5.41, 5.74) is -0.449. The van der Waals surface area contributed by atoms with Crippen molar-refractivity contribution in [3.8, 4) is 0 Å². The van der Waals surface area contributed by atoms with Crippen LogP contribution in [-0.2, 0) is 26.9 Å². The maximum Gasteiger partial charge on any atom is 0.416 e. The number of amides is 1. The van der Waals surface area contributed by atoms with Crippen molar-refractivity contribution in [1.82, 2.24) is 5.32 Å². The van der Waals surface area contributed by atoms with Crippen LogP contribution in [0.3, 0.4) is 0 Å². The minimum absolute atomic E-state index is 0.122. The fourth-order valence-electron chi connectivity index (χ4n) is 1.63. The highest BCUT2D eigenvalue weighted by Crippen LogP contribution is 2.29. The van der Waals surface area contributed by atoms with E-state index < -0.39 is 29.7 Å². The molecular formula is C13H14F3NO4. The summed E-state index contributed by atoms with van der Waals surface area (Å²) < 4.78 is 41.8. The van der Waals surface area contributed by atoms with Crippen LogP contribution in [-0.4, -0.2) is 36.7 Å². The third-order valence-electron chi connectivity index (χ3n) is 2.63. The van der Waals surface area contributed by atoms with Gasteiger partial charge in [-0.15, -0.1) is 0 Å². The van der Waals surface area contributed by atoms with Crippen LogP contribution in [0.2, 0.25) is 0 Å². The summed E-state index contributed by atoms with van der Waals surface area (Å²) in [6.07, 6.45) is -4.57. The van der Waals surface area contributed by atoms with Gasteiger partial charge in [-0.2, -0.15) is 13.2 Å². The second kappa shape index (κ2) is 7.07. The van der Waals surface area contributed by atoms with Crippen molar-refractivity contribution in [1.29, 1.82) is 0 Å². The zero-order valence-corrected chi connectivity index (χ0v) is 11.1. The van der Waals surface area contributed by atoms with Crippen LogP contribution in [0.15, 0.2) is 24.3 Å². The van der Waals surface area contributed by atoms with Crippen molar-refractivity contribution in [2.45, 2.75) is 18.6 Å². The Labute approximate surface area is 118 Å². The standard InChI is InChI=1S/C13H14F3NO4/c1-21-7-11(18)17-10(12(19)20)6-8-2-4-9(5-3-8)13(14,15)16/h2-5,10H,6-7H2,1H3,(H,17,18)(H,19,20)/t10-/m1/s1. The highest BCUT2D eigenvalue weighted by Gasteiger charge is 2.30. The molecule has 0 unspecified atom stereocenters. The summed E-state index contributed by atoms with van der Waals surface area (Å²) in [5, 5.41) is 11.2. The Balaban J connectivity index is 2.76. The van der Waals surface area contributed by atoms with Gasteiger partial charge in [0.25, 0.3) is 0 Å². The van der Waals surface area contributed by atoms with Crippen LogP contribution >= 0.6 is 0 Å². The Kier molecular flexibility index (Phi) is 5.71. The number of nitrogens with one attached hydrogen (secondary N) is 1. The number of carboxylic acid groups (broad SMARTS) is 1. The van der Waals surface area contributed by atoms with Crippen LogP contribution in [0.25, 0.3) is 0 Å². The molecule has 0 radical (unpaired) electrons. The van der Waals surface area contributed by atoms with Gasteiger partial charge in [-0.05, 0) is 17.7 Å². The summed E-state index contributed by atoms with van der Waals surface area (Å²) in [5.74, 6) is -1.89. The van der Waals surface area contributed by atoms with Crippen LogP contribution < -0.4 is 5.32 Å². The lowest BCUT2D eigenvalue weighted by Crippen LogP contribution is -2.43. The number of rotatable bonds is 6. The molecule has 0 saturated heterocycles. The summed E-state index contributed by atoms with van der Waals surface area (Å²) in [6, 6.07) is 2.86. The average molecular weight is 305 g/mol. The third-order valence-corrected chi connectivity index (χ3v) is 2.63. The molecule has 0 aliphatic rings. The SMILES string of the molecule is COCC(=O)N[C@H](Cc1ccc(C(F)(F)F)cc1)C(=O)O. The average Bonchev–Trinajstić information content (AvgIpc) is 2.37. The van der Waals surface area contributed by atoms with Gasteiger partial charge >= 0.3 is 12.1 Å². The summed E-state index contributed by atoms with van der Waals surface area (Å²) in [7, 11) is 1.28. The topological polar surface area (TPSA) is 75.6 Å². The Hall–Kier alpha value is -2.09. The van der Waals surface area contributed by atoms with Crippen LogP contribution in [0.4, 0.5) is 13.2 Å². The minimum atomic E-state index is -4.45. The van der Waals surface area contributed by atoms with Crippen LogP contribution in [0.1, 0.15) is 11.1 Å². The molecule has 0 heterocycles. The van der Waals surface area contributed by atoms with E-state index in [0.29, 0.717) is 5.56 Å². The molecule has 0 fully saturated rings. The van der Waals surface area contributed by atoms with Gasteiger partial charge < -0.3 is 15.2 Å². The molecule has 0 aliphatic heterocycles. The van der Waals surface area contributed by atoms with E-state index in [1.54, 1.807) is 0 Å². The van der Waals surface area contributed by atoms with Gasteiger partial charge in [0.05, 0.1) is 5.56 Å². The number of benzene rings is 1. The molecule has 0 spiro atoms. The first-order chi connectivity index (χ1) is 9.74. The first-order valence-electron chi connectivity index (χ1n) is 5.91. The number of aliphatic carboxylic acids is 1. The number of carbonyl (C=O) groups is 2. The second-order valence-corrected chi connectivity index (χ2v) is 4.29. The smallest absolute Gasteiger partial charge is 0.416 e. The number of carboxylic acids is 1. The van der Waals surface area contributed by atoms with Gasteiger partial charge in [0.15, 0.2) is 0 Å². The summed E-state index contributed by atoms with van der Waals surface area (Å²) >= 11 is 0. The monoisotopic (exact) mass is 305 g/mol. The fraction of sp³-hybridized carbons (Fsp3) is 0.385. The van der Waals surface area contributed by atoms with Gasteiger partial charge in [-0.25, -0.2) is 4.79 Å². The molecule has 0 aliphatic carbocycles. The van der Waals surface area contributed by atoms with E-state index in [1.165, 1.54) is 19.2 Å². The number of alkyl halides is 3. The normalized spacial score (nSPS) is 12.8. The maximum atomic E-state index is 12.4. The highest BCUT2D eigenvalue weighted by atomic mass is 19.4. The Bertz CT molecular complexity index is 499. The molecule has 8 heteroatoms. The van der Waals surface area contributed by atoms with Crippen molar-refractivity contribution < 1.29 is 32.6 Å². The molecule has 2 N–H and O–H groups in total. The molecule has 0 bridgehead atoms. The molecule has 1 rings (SSSR count). The maximum absolute atomic E-state index is 12.4. The first kappa shape index (κ1) is 17.0. The van der Waals surface area contributed by atoms with Gasteiger partial charge in [-0.1, -0.05) is 12.1 Å². The van der Waals surface area contributed by atoms with E-state index in [0.717, 1.165) is 12.1 Å². The number of hydrogen-bond acceptors (Lipinski definition) is 3. The molecule has 116 valence electrons. The second-order valence-electron chi connectivity index (χ2n) is 4.29. The molecule has 21 heavy (non-hydrogen) atoms. The van der Waals surface area contributed by atoms with Gasteiger partial charge in [0, 0.05) is 13.5 Å². The minimum Gasteiger partial charge on any atom is -0.480 e. The Morgan fingerprint density at radius 2 is 1.86 bits per heavy atom. The Morgan fingerprint density at radius 1 is 1.29 bits per heavy atom. The van der Waals surface area contributed by atoms with Crippen molar-refractivity contribution >= 4 is 11.9 Å². The molecular weight excluding hydrogens is 291 g/mol. The van der Waals surface area contributed by atoms with Crippen molar-refractivity contribution in [3.63, 3.8) is 0 Å². The predicted octanol–water partition coefficient (Wildman–Crippen LogP) is 1.46. The van der Waals surface area contributed by atoms with Crippen LogP contribution in [0.5, 0.6) is 0 Å². The summed E-state index contributed by atoms with van der Waals surface area (Å²) in [6.45, 7) is -0.295. The molecule has 1 atom stereocenters. The van der Waals surface area contributed by atoms with Gasteiger partial charge in [0.2, 0.25) is 5.91 Å². The molecule has 0 aromatic heterocycles. The third kappa shape index (κ3) is 5.42. The number of methoxy groups -OCH3 is 1. The van der Waals surface area contributed by atoms with Crippen molar-refractivity contribution in [3.05, 3.63) is 35.4 Å². The zero-order valence-electron chi connectivity index (χ0n) is 11.1. The molecule has 1 aromatic rings. The van der Waals surface area contributed by atoms with Crippen molar-refractivity contribution in [2.75, 3.05) is 13.7 Å². The first-order valence-corrected chi connectivity index (χ1v) is 5.91. The quantitative estimate of drug-likeness (QED) is 0.834. The molecule has 1 aromatic carbocycles. The van der Waals surface area contributed by atoms with E-state index in [4.69, 9.17) is 5.11 Å². The van der Waals surface area contributed by atoms with E-state index in [2.05, 4.69) is 10.1 Å². The van der Waals surface area contributed by atoms with E-state index >= 15 is 0 Å². The van der Waals surface area contributed by atoms with Gasteiger partial charge in [0.1, 0.15) is 12.6 Å².